The van der Waals surface area contributed by atoms with Crippen LogP contribution in [0.3, 0.4) is 0 Å². The molecule has 1 N–H and O–H groups in total. The van der Waals surface area contributed by atoms with Crippen LogP contribution in [0.4, 0.5) is 11.5 Å². The summed E-state index contributed by atoms with van der Waals surface area (Å²) in [5.74, 6) is 5.36. The fourth-order valence-corrected chi connectivity index (χ4v) is 3.72. The quantitative estimate of drug-likeness (QED) is 0.361. The van der Waals surface area contributed by atoms with E-state index in [-0.39, 0.29) is 27.2 Å². The Balaban J connectivity index is 2.12. The number of nitrogens with zero attached hydrogens (tertiary/aromatic N) is 4. The molecular formula is C18H14ClN5O5S. The van der Waals surface area contributed by atoms with Gasteiger partial charge < -0.3 is 4.74 Å². The van der Waals surface area contributed by atoms with Crippen LogP contribution >= 0.6 is 11.6 Å². The maximum Gasteiger partial charge on any atom is 0.307 e. The van der Waals surface area contributed by atoms with Crippen LogP contribution in [-0.4, -0.2) is 35.2 Å². The normalized spacial score (nSPS) is 10.8. The van der Waals surface area contributed by atoms with Crippen molar-refractivity contribution >= 4 is 33.1 Å². The molecule has 0 amide bonds. The molecular weight excluding hydrogens is 434 g/mol. The van der Waals surface area contributed by atoms with Crippen molar-refractivity contribution in [3.8, 4) is 17.7 Å². The summed E-state index contributed by atoms with van der Waals surface area (Å²) in [5.41, 5.74) is -0.294. The van der Waals surface area contributed by atoms with Crippen LogP contribution in [0.15, 0.2) is 47.6 Å². The van der Waals surface area contributed by atoms with Gasteiger partial charge in [0.2, 0.25) is 5.88 Å². The number of methoxy groups -OCH3 is 1. The van der Waals surface area contributed by atoms with Crippen LogP contribution in [0.1, 0.15) is 11.1 Å². The van der Waals surface area contributed by atoms with Crippen molar-refractivity contribution in [3.63, 3.8) is 0 Å². The molecule has 0 saturated heterocycles. The van der Waals surface area contributed by atoms with Crippen molar-refractivity contribution < 1.29 is 18.1 Å². The average Bonchev–Trinajstić information content (AvgIpc) is 3.07. The highest BCUT2D eigenvalue weighted by atomic mass is 35.5. The molecule has 0 aliphatic heterocycles. The van der Waals surface area contributed by atoms with E-state index in [0.717, 1.165) is 6.20 Å². The van der Waals surface area contributed by atoms with Gasteiger partial charge in [-0.3, -0.25) is 19.5 Å². The van der Waals surface area contributed by atoms with Crippen molar-refractivity contribution in [1.29, 1.82) is 0 Å². The molecule has 0 aliphatic rings. The molecule has 10 nitrogen and oxygen atoms in total. The van der Waals surface area contributed by atoms with E-state index >= 15 is 0 Å². The highest BCUT2D eigenvalue weighted by Crippen LogP contribution is 2.32. The highest BCUT2D eigenvalue weighted by molar-refractivity contribution is 7.92. The van der Waals surface area contributed by atoms with Gasteiger partial charge in [0.1, 0.15) is 16.8 Å². The SMILES string of the molecule is COc1nn(C)cc1C#Cc1c(NS(=O)(=O)c2ccccc2)ncc([N+](=O)[O-])c1Cl. The number of rotatable bonds is 5. The lowest BCUT2D eigenvalue weighted by Gasteiger charge is -2.10. The summed E-state index contributed by atoms with van der Waals surface area (Å²) in [4.78, 5) is 14.3. The van der Waals surface area contributed by atoms with E-state index in [9.17, 15) is 18.5 Å². The van der Waals surface area contributed by atoms with E-state index in [1.54, 1.807) is 31.4 Å². The van der Waals surface area contributed by atoms with Crippen LogP contribution in [0.2, 0.25) is 5.02 Å². The van der Waals surface area contributed by atoms with Gasteiger partial charge in [0.25, 0.3) is 10.0 Å². The summed E-state index contributed by atoms with van der Waals surface area (Å²) in [6, 6.07) is 7.56. The number of pyridine rings is 1. The number of nitrogens with one attached hydrogen (secondary N) is 1. The van der Waals surface area contributed by atoms with Crippen molar-refractivity contribution in [2.45, 2.75) is 4.90 Å². The Morgan fingerprint density at radius 1 is 1.27 bits per heavy atom. The summed E-state index contributed by atoms with van der Waals surface area (Å²) in [5, 5.41) is 14.9. The second-order valence-electron chi connectivity index (χ2n) is 5.83. The number of nitro groups is 1. The third kappa shape index (κ3) is 4.35. The first kappa shape index (κ1) is 21.1. The zero-order valence-electron chi connectivity index (χ0n) is 15.7. The first-order valence-corrected chi connectivity index (χ1v) is 10.1. The van der Waals surface area contributed by atoms with Gasteiger partial charge in [0.05, 0.1) is 22.5 Å². The number of benzene rings is 1. The van der Waals surface area contributed by atoms with Gasteiger partial charge in [0.15, 0.2) is 5.82 Å². The minimum Gasteiger partial charge on any atom is -0.479 e. The molecule has 2 aromatic heterocycles. The smallest absolute Gasteiger partial charge is 0.307 e. The molecule has 3 rings (SSSR count). The van der Waals surface area contributed by atoms with Crippen LogP contribution in [0.5, 0.6) is 5.88 Å². The summed E-state index contributed by atoms with van der Waals surface area (Å²) in [6.07, 6.45) is 2.43. The Kier molecular flexibility index (Phi) is 5.91. The van der Waals surface area contributed by atoms with Gasteiger partial charge in [-0.15, -0.1) is 5.10 Å². The Labute approximate surface area is 176 Å². The van der Waals surface area contributed by atoms with Gasteiger partial charge >= 0.3 is 5.69 Å². The molecule has 1 aromatic carbocycles. The Morgan fingerprint density at radius 3 is 2.60 bits per heavy atom. The minimum absolute atomic E-state index is 0.0193. The summed E-state index contributed by atoms with van der Waals surface area (Å²) in [7, 11) is -0.954. The predicted octanol–water partition coefficient (Wildman–Crippen LogP) is 2.59. The van der Waals surface area contributed by atoms with Crippen LogP contribution in [-0.2, 0) is 17.1 Å². The molecule has 0 fully saturated rings. The van der Waals surface area contributed by atoms with Gasteiger partial charge in [-0.1, -0.05) is 41.6 Å². The number of hydrogen-bond acceptors (Lipinski definition) is 7. The third-order valence-electron chi connectivity index (χ3n) is 3.79. The van der Waals surface area contributed by atoms with E-state index in [4.69, 9.17) is 16.3 Å². The maximum absolute atomic E-state index is 12.7. The van der Waals surface area contributed by atoms with Gasteiger partial charge in [-0.05, 0) is 12.1 Å². The van der Waals surface area contributed by atoms with Crippen molar-refractivity contribution in [3.05, 3.63) is 69.0 Å². The molecule has 3 aromatic rings. The zero-order chi connectivity index (χ0) is 21.9. The first-order valence-electron chi connectivity index (χ1n) is 8.23. The summed E-state index contributed by atoms with van der Waals surface area (Å²) < 4.78 is 34.2. The fraction of sp³-hybridized carbons (Fsp3) is 0.111. The molecule has 12 heteroatoms. The Hall–Kier alpha value is -3.62. The van der Waals surface area contributed by atoms with E-state index in [0.29, 0.717) is 5.56 Å². The molecule has 0 radical (unpaired) electrons. The number of halogens is 1. The van der Waals surface area contributed by atoms with Crippen LogP contribution in [0, 0.1) is 22.0 Å². The zero-order valence-corrected chi connectivity index (χ0v) is 17.2. The van der Waals surface area contributed by atoms with Crippen LogP contribution in [0.25, 0.3) is 0 Å². The monoisotopic (exact) mass is 447 g/mol. The maximum atomic E-state index is 12.7. The second-order valence-corrected chi connectivity index (χ2v) is 7.89. The Bertz CT molecular complexity index is 1280. The number of sulfonamides is 1. The van der Waals surface area contributed by atoms with Gasteiger partial charge in [-0.2, -0.15) is 0 Å². The van der Waals surface area contributed by atoms with Crippen molar-refractivity contribution in [1.82, 2.24) is 14.8 Å². The molecule has 0 aliphatic carbocycles. The lowest BCUT2D eigenvalue weighted by atomic mass is 10.2. The number of anilines is 1. The number of aryl methyl sites for hydroxylation is 1. The topological polar surface area (TPSA) is 129 Å². The minimum atomic E-state index is -4.03. The summed E-state index contributed by atoms with van der Waals surface area (Å²) >= 11 is 6.16. The van der Waals surface area contributed by atoms with Gasteiger partial charge in [-0.25, -0.2) is 13.4 Å². The standard InChI is InChI=1S/C18H14ClN5O5S/c1-23-11-12(18(21-23)29-2)8-9-14-16(19)15(24(25)26)10-20-17(14)22-30(27,28)13-6-4-3-5-7-13/h3-7,10-11H,1-2H3,(H,20,22). The largest absolute Gasteiger partial charge is 0.479 e. The molecule has 0 spiro atoms. The van der Waals surface area contributed by atoms with E-state index in [1.165, 1.54) is 23.9 Å². The number of aromatic nitrogens is 3. The van der Waals surface area contributed by atoms with Crippen LogP contribution < -0.4 is 9.46 Å². The lowest BCUT2D eigenvalue weighted by molar-refractivity contribution is -0.385. The molecule has 0 bridgehead atoms. The fourth-order valence-electron chi connectivity index (χ4n) is 2.42. The number of hydrogen-bond donors (Lipinski definition) is 1. The second kappa shape index (κ2) is 8.40. The molecule has 0 saturated carbocycles. The number of ether oxygens (including phenoxy) is 1. The molecule has 154 valence electrons. The van der Waals surface area contributed by atoms with E-state index in [2.05, 4.69) is 26.6 Å². The van der Waals surface area contributed by atoms with Crippen molar-refractivity contribution in [2.75, 3.05) is 11.8 Å². The highest BCUT2D eigenvalue weighted by Gasteiger charge is 2.23. The average molecular weight is 448 g/mol. The van der Waals surface area contributed by atoms with Crippen molar-refractivity contribution in [2.24, 2.45) is 7.05 Å². The third-order valence-corrected chi connectivity index (χ3v) is 5.53. The lowest BCUT2D eigenvalue weighted by Crippen LogP contribution is -2.15. The predicted molar refractivity (Wildman–Crippen MR) is 109 cm³/mol. The van der Waals surface area contributed by atoms with Gasteiger partial charge in [0, 0.05) is 13.2 Å². The first-order chi connectivity index (χ1) is 14.2. The van der Waals surface area contributed by atoms with E-state index in [1.807, 2.05) is 0 Å². The summed E-state index contributed by atoms with van der Waals surface area (Å²) in [6.45, 7) is 0. The van der Waals surface area contributed by atoms with E-state index < -0.39 is 20.6 Å². The molecule has 0 unspecified atom stereocenters. The molecule has 2 heterocycles. The molecule has 0 atom stereocenters. The molecule has 30 heavy (non-hydrogen) atoms. The Morgan fingerprint density at radius 2 is 1.97 bits per heavy atom.